The first-order valence-electron chi connectivity index (χ1n) is 3.96. The van der Waals surface area contributed by atoms with Gasteiger partial charge in [0.05, 0.1) is 12.8 Å². The summed E-state index contributed by atoms with van der Waals surface area (Å²) in [5.41, 5.74) is 5.22. The predicted octanol–water partition coefficient (Wildman–Crippen LogP) is 0.307. The van der Waals surface area contributed by atoms with Crippen LogP contribution in [0.2, 0.25) is 0 Å². The van der Waals surface area contributed by atoms with Gasteiger partial charge in [-0.25, -0.2) is 4.79 Å². The standard InChI is InChI=1S/C7H12N4O2/c8-3-1-5-13-7(12)10-6-2-4-9-11-6/h2,4H,1,3,5,8H2,(H2,9,10,11,12). The number of nitrogens with zero attached hydrogens (tertiary/aromatic N) is 1. The highest BCUT2D eigenvalue weighted by Crippen LogP contribution is 1.98. The van der Waals surface area contributed by atoms with Crippen LogP contribution in [-0.2, 0) is 4.74 Å². The normalized spacial score (nSPS) is 9.62. The molecule has 1 amide bonds. The molecule has 0 saturated carbocycles. The van der Waals surface area contributed by atoms with Crippen LogP contribution in [0.1, 0.15) is 6.42 Å². The molecule has 0 bridgehead atoms. The Labute approximate surface area is 75.5 Å². The fourth-order valence-corrected chi connectivity index (χ4v) is 0.720. The van der Waals surface area contributed by atoms with Gasteiger partial charge in [-0.3, -0.25) is 10.4 Å². The fourth-order valence-electron chi connectivity index (χ4n) is 0.720. The number of H-pyrrole nitrogens is 1. The maximum atomic E-state index is 11.0. The largest absolute Gasteiger partial charge is 0.449 e. The quantitative estimate of drug-likeness (QED) is 0.587. The van der Waals surface area contributed by atoms with Gasteiger partial charge >= 0.3 is 6.09 Å². The monoisotopic (exact) mass is 184 g/mol. The molecule has 0 fully saturated rings. The van der Waals surface area contributed by atoms with Crippen LogP contribution in [0, 0.1) is 0 Å². The van der Waals surface area contributed by atoms with Crippen molar-refractivity contribution in [3.05, 3.63) is 12.3 Å². The Kier molecular flexibility index (Phi) is 3.77. The van der Waals surface area contributed by atoms with E-state index in [1.807, 2.05) is 0 Å². The van der Waals surface area contributed by atoms with Crippen LogP contribution in [0.5, 0.6) is 0 Å². The van der Waals surface area contributed by atoms with Crippen molar-refractivity contribution in [1.82, 2.24) is 10.2 Å². The fraction of sp³-hybridized carbons (Fsp3) is 0.429. The summed E-state index contributed by atoms with van der Waals surface area (Å²) in [7, 11) is 0. The molecule has 0 aliphatic rings. The van der Waals surface area contributed by atoms with Crippen LogP contribution in [0.4, 0.5) is 10.6 Å². The number of carbonyl (C=O) groups excluding carboxylic acids is 1. The molecule has 0 aromatic carbocycles. The van der Waals surface area contributed by atoms with Gasteiger partial charge in [0.2, 0.25) is 0 Å². The number of nitrogens with two attached hydrogens (primary N) is 1. The molecule has 1 rings (SSSR count). The highest BCUT2D eigenvalue weighted by atomic mass is 16.5. The lowest BCUT2D eigenvalue weighted by Crippen LogP contribution is -2.16. The predicted molar refractivity (Wildman–Crippen MR) is 47.2 cm³/mol. The second-order valence-corrected chi connectivity index (χ2v) is 2.37. The molecule has 1 aromatic heterocycles. The maximum absolute atomic E-state index is 11.0. The lowest BCUT2D eigenvalue weighted by Gasteiger charge is -2.03. The smallest absolute Gasteiger partial charge is 0.412 e. The number of nitrogens with one attached hydrogen (secondary N) is 2. The zero-order valence-electron chi connectivity index (χ0n) is 7.12. The van der Waals surface area contributed by atoms with Crippen LogP contribution >= 0.6 is 0 Å². The number of hydrogen-bond acceptors (Lipinski definition) is 4. The van der Waals surface area contributed by atoms with Crippen LogP contribution in [0.3, 0.4) is 0 Å². The molecular weight excluding hydrogens is 172 g/mol. The van der Waals surface area contributed by atoms with Gasteiger partial charge in [-0.05, 0) is 13.0 Å². The second kappa shape index (κ2) is 5.15. The molecular formula is C7H12N4O2. The maximum Gasteiger partial charge on any atom is 0.412 e. The van der Waals surface area contributed by atoms with Crippen molar-refractivity contribution >= 4 is 11.9 Å². The third-order valence-corrected chi connectivity index (χ3v) is 1.32. The molecule has 0 atom stereocenters. The number of amides is 1. The van der Waals surface area contributed by atoms with E-state index >= 15 is 0 Å². The number of carbonyl (C=O) groups is 1. The lowest BCUT2D eigenvalue weighted by atomic mass is 10.5. The van der Waals surface area contributed by atoms with Gasteiger partial charge in [0, 0.05) is 6.07 Å². The third-order valence-electron chi connectivity index (χ3n) is 1.32. The zero-order valence-corrected chi connectivity index (χ0v) is 7.12. The average molecular weight is 184 g/mol. The molecule has 0 aliphatic heterocycles. The first kappa shape index (κ1) is 9.53. The number of aromatic amines is 1. The molecule has 6 nitrogen and oxygen atoms in total. The molecule has 0 aliphatic carbocycles. The van der Waals surface area contributed by atoms with Crippen molar-refractivity contribution in [3.63, 3.8) is 0 Å². The van der Waals surface area contributed by atoms with Crippen molar-refractivity contribution in [2.75, 3.05) is 18.5 Å². The summed E-state index contributed by atoms with van der Waals surface area (Å²) >= 11 is 0. The van der Waals surface area contributed by atoms with Crippen LogP contribution in [0.25, 0.3) is 0 Å². The number of rotatable bonds is 4. The van der Waals surface area contributed by atoms with E-state index in [9.17, 15) is 4.79 Å². The molecule has 1 heterocycles. The van der Waals surface area contributed by atoms with Crippen molar-refractivity contribution < 1.29 is 9.53 Å². The third kappa shape index (κ3) is 3.57. The minimum Gasteiger partial charge on any atom is -0.449 e. The minimum atomic E-state index is -0.502. The van der Waals surface area contributed by atoms with E-state index in [-0.39, 0.29) is 0 Å². The van der Waals surface area contributed by atoms with Gasteiger partial charge in [0.15, 0.2) is 0 Å². The van der Waals surface area contributed by atoms with E-state index in [4.69, 9.17) is 10.5 Å². The first-order valence-corrected chi connectivity index (χ1v) is 3.96. The van der Waals surface area contributed by atoms with Gasteiger partial charge < -0.3 is 10.5 Å². The first-order chi connectivity index (χ1) is 6.33. The molecule has 72 valence electrons. The summed E-state index contributed by atoms with van der Waals surface area (Å²) in [5, 5.41) is 8.69. The Morgan fingerprint density at radius 2 is 2.62 bits per heavy atom. The Balaban J connectivity index is 2.18. The molecule has 0 saturated heterocycles. The van der Waals surface area contributed by atoms with Crippen LogP contribution < -0.4 is 11.1 Å². The van der Waals surface area contributed by atoms with E-state index in [1.165, 1.54) is 6.20 Å². The molecule has 13 heavy (non-hydrogen) atoms. The average Bonchev–Trinajstić information content (AvgIpc) is 2.57. The summed E-state index contributed by atoms with van der Waals surface area (Å²) in [4.78, 5) is 11.0. The number of ether oxygens (including phenoxy) is 1. The Bertz CT molecular complexity index is 247. The van der Waals surface area contributed by atoms with Crippen molar-refractivity contribution in [2.24, 2.45) is 5.73 Å². The summed E-state index contributed by atoms with van der Waals surface area (Å²) < 4.78 is 4.78. The molecule has 1 aromatic rings. The van der Waals surface area contributed by atoms with Crippen molar-refractivity contribution in [2.45, 2.75) is 6.42 Å². The van der Waals surface area contributed by atoms with Gasteiger partial charge in [-0.1, -0.05) is 0 Å². The van der Waals surface area contributed by atoms with E-state index < -0.39 is 6.09 Å². The summed E-state index contributed by atoms with van der Waals surface area (Å²) in [6, 6.07) is 1.63. The molecule has 6 heteroatoms. The highest BCUT2D eigenvalue weighted by Gasteiger charge is 2.02. The second-order valence-electron chi connectivity index (χ2n) is 2.37. The van der Waals surface area contributed by atoms with E-state index in [2.05, 4.69) is 15.5 Å². The number of aromatic nitrogens is 2. The summed E-state index contributed by atoms with van der Waals surface area (Å²) in [6.45, 7) is 0.841. The highest BCUT2D eigenvalue weighted by molar-refractivity contribution is 5.83. The Morgan fingerprint density at radius 1 is 1.77 bits per heavy atom. The number of anilines is 1. The van der Waals surface area contributed by atoms with Crippen molar-refractivity contribution in [1.29, 1.82) is 0 Å². The molecule has 0 spiro atoms. The molecule has 4 N–H and O–H groups in total. The minimum absolute atomic E-state index is 0.330. The van der Waals surface area contributed by atoms with Gasteiger partial charge in [0.25, 0.3) is 0 Å². The van der Waals surface area contributed by atoms with E-state index in [0.717, 1.165) is 0 Å². The van der Waals surface area contributed by atoms with Gasteiger partial charge in [0.1, 0.15) is 5.82 Å². The molecule has 0 unspecified atom stereocenters. The van der Waals surface area contributed by atoms with E-state index in [0.29, 0.717) is 25.4 Å². The van der Waals surface area contributed by atoms with Gasteiger partial charge in [-0.15, -0.1) is 0 Å². The Morgan fingerprint density at radius 3 is 3.23 bits per heavy atom. The SMILES string of the molecule is NCCCOC(=O)Nc1ccn[nH]1. The lowest BCUT2D eigenvalue weighted by molar-refractivity contribution is 0.161. The summed E-state index contributed by atoms with van der Waals surface area (Å²) in [5.74, 6) is 0.512. The van der Waals surface area contributed by atoms with E-state index in [1.54, 1.807) is 6.07 Å². The van der Waals surface area contributed by atoms with Crippen LogP contribution in [-0.4, -0.2) is 29.4 Å². The van der Waals surface area contributed by atoms with Crippen LogP contribution in [0.15, 0.2) is 12.3 Å². The molecule has 0 radical (unpaired) electrons. The zero-order chi connectivity index (χ0) is 9.52. The topological polar surface area (TPSA) is 93.0 Å². The summed E-state index contributed by atoms with van der Waals surface area (Å²) in [6.07, 6.45) is 1.70. The van der Waals surface area contributed by atoms with Gasteiger partial charge in [-0.2, -0.15) is 5.10 Å². The number of hydrogen-bond donors (Lipinski definition) is 3. The van der Waals surface area contributed by atoms with Crippen molar-refractivity contribution in [3.8, 4) is 0 Å². The Hall–Kier alpha value is -1.56.